The van der Waals surface area contributed by atoms with Crippen LogP contribution in [0.2, 0.25) is 0 Å². The fraction of sp³-hybridized carbons (Fsp3) is 0.345. The van der Waals surface area contributed by atoms with Gasteiger partial charge in [0.1, 0.15) is 10.7 Å². The Morgan fingerprint density at radius 1 is 1.03 bits per heavy atom. The molecule has 0 aliphatic carbocycles. The van der Waals surface area contributed by atoms with Crippen LogP contribution in [0.3, 0.4) is 0 Å². The molecule has 0 saturated carbocycles. The molecule has 1 aromatic heterocycles. The number of benzene rings is 2. The van der Waals surface area contributed by atoms with Crippen molar-refractivity contribution in [1.82, 2.24) is 4.90 Å². The number of methoxy groups -OCH3 is 1. The minimum Gasteiger partial charge on any atom is -0.465 e. The third kappa shape index (κ3) is 6.67. The van der Waals surface area contributed by atoms with Gasteiger partial charge in [0.15, 0.2) is 0 Å². The molecule has 35 heavy (non-hydrogen) atoms. The van der Waals surface area contributed by atoms with Crippen molar-refractivity contribution in [2.24, 2.45) is 0 Å². The number of hydrogen-bond acceptors (Lipinski definition) is 5. The predicted molar refractivity (Wildman–Crippen MR) is 139 cm³/mol. The van der Waals surface area contributed by atoms with Crippen molar-refractivity contribution in [3.8, 4) is 11.1 Å². The third-order valence-corrected chi connectivity index (χ3v) is 7.64. The van der Waals surface area contributed by atoms with Crippen LogP contribution in [0.5, 0.6) is 0 Å². The van der Waals surface area contributed by atoms with Gasteiger partial charge >= 0.3 is 5.97 Å². The largest absolute Gasteiger partial charge is 0.465 e. The lowest BCUT2D eigenvalue weighted by atomic mass is 9.98. The molecule has 0 radical (unpaired) electrons. The van der Waals surface area contributed by atoms with Crippen molar-refractivity contribution in [3.05, 3.63) is 82.0 Å². The molecule has 1 fully saturated rings. The van der Waals surface area contributed by atoms with E-state index in [9.17, 15) is 14.4 Å². The third-order valence-electron chi connectivity index (χ3n) is 6.51. The molecule has 2 heterocycles. The van der Waals surface area contributed by atoms with Crippen LogP contribution < -0.4 is 0 Å². The Balaban J connectivity index is 1.25. The van der Waals surface area contributed by atoms with E-state index in [1.54, 1.807) is 6.07 Å². The highest BCUT2D eigenvalue weighted by Gasteiger charge is 2.30. The summed E-state index contributed by atoms with van der Waals surface area (Å²) in [5.74, 6) is 0.0790. The average molecular weight is 490 g/mol. The number of carbonyl (C=O) groups is 3. The van der Waals surface area contributed by atoms with Crippen LogP contribution >= 0.6 is 11.3 Å². The van der Waals surface area contributed by atoms with Gasteiger partial charge in [-0.2, -0.15) is 0 Å². The first-order chi connectivity index (χ1) is 17.0. The number of amides is 1. The maximum atomic E-state index is 12.7. The second-order valence-corrected chi connectivity index (χ2v) is 10.1. The van der Waals surface area contributed by atoms with Gasteiger partial charge in [-0.1, -0.05) is 54.6 Å². The van der Waals surface area contributed by atoms with Crippen molar-refractivity contribution in [3.63, 3.8) is 0 Å². The number of likely N-dealkylation sites (tertiary alicyclic amines) is 1. The first-order valence-corrected chi connectivity index (χ1v) is 13.0. The summed E-state index contributed by atoms with van der Waals surface area (Å²) in [5.41, 5.74) is 3.29. The fourth-order valence-corrected chi connectivity index (χ4v) is 5.65. The van der Waals surface area contributed by atoms with E-state index in [0.717, 1.165) is 40.8 Å². The van der Waals surface area contributed by atoms with Gasteiger partial charge in [0, 0.05) is 36.7 Å². The number of hydrogen-bond donors (Lipinski definition) is 0. The van der Waals surface area contributed by atoms with Crippen molar-refractivity contribution in [1.29, 1.82) is 0 Å². The first kappa shape index (κ1) is 24.9. The maximum Gasteiger partial charge on any atom is 0.348 e. The van der Waals surface area contributed by atoms with E-state index in [1.165, 1.54) is 18.4 Å². The Labute approximate surface area is 210 Å². The molecule has 6 heteroatoms. The summed E-state index contributed by atoms with van der Waals surface area (Å²) in [4.78, 5) is 40.5. The molecule has 0 unspecified atom stereocenters. The highest BCUT2D eigenvalue weighted by molar-refractivity contribution is 7.13. The summed E-state index contributed by atoms with van der Waals surface area (Å²) in [6, 6.07) is 22.2. The summed E-state index contributed by atoms with van der Waals surface area (Å²) in [7, 11) is 1.38. The minimum atomic E-state index is -0.313. The zero-order chi connectivity index (χ0) is 24.6. The molecule has 0 bridgehead atoms. The lowest BCUT2D eigenvalue weighted by Gasteiger charge is -2.24. The number of Topliss-reactive ketones (excluding diaryl/α,β-unsaturated/α-hetero) is 1. The molecule has 1 atom stereocenters. The molecule has 182 valence electrons. The summed E-state index contributed by atoms with van der Waals surface area (Å²) in [5, 5.41) is 0. The van der Waals surface area contributed by atoms with Crippen LogP contribution in [0.25, 0.3) is 11.1 Å². The molecule has 5 nitrogen and oxygen atoms in total. The van der Waals surface area contributed by atoms with Gasteiger partial charge in [-0.25, -0.2) is 4.79 Å². The zero-order valence-corrected chi connectivity index (χ0v) is 20.9. The van der Waals surface area contributed by atoms with Gasteiger partial charge in [-0.05, 0) is 54.5 Å². The second-order valence-electron chi connectivity index (χ2n) is 8.96. The predicted octanol–water partition coefficient (Wildman–Crippen LogP) is 5.72. The topological polar surface area (TPSA) is 63.7 Å². The Bertz CT molecular complexity index is 1170. The molecule has 0 N–H and O–H groups in total. The number of ketones is 1. The van der Waals surface area contributed by atoms with Crippen LogP contribution in [0.1, 0.15) is 52.2 Å². The highest BCUT2D eigenvalue weighted by atomic mass is 32.1. The number of carbonyl (C=O) groups excluding carboxylic acids is 3. The molecule has 1 aliphatic rings. The van der Waals surface area contributed by atoms with Gasteiger partial charge < -0.3 is 9.64 Å². The van der Waals surface area contributed by atoms with Gasteiger partial charge in [0.05, 0.1) is 7.11 Å². The summed E-state index contributed by atoms with van der Waals surface area (Å²) in [6.07, 6.45) is 4.65. The fourth-order valence-electron chi connectivity index (χ4n) is 4.68. The first-order valence-electron chi connectivity index (χ1n) is 12.2. The Hall–Kier alpha value is -3.25. The molecule has 1 aliphatic heterocycles. The Morgan fingerprint density at radius 3 is 2.63 bits per heavy atom. The van der Waals surface area contributed by atoms with Crippen LogP contribution in [0.15, 0.2) is 66.7 Å². The second kappa shape index (κ2) is 11.9. The number of esters is 1. The number of rotatable bonds is 11. The van der Waals surface area contributed by atoms with E-state index in [0.29, 0.717) is 37.1 Å². The van der Waals surface area contributed by atoms with Gasteiger partial charge in [0.2, 0.25) is 5.91 Å². The maximum absolute atomic E-state index is 12.7. The standard InChI is InChI=1S/C29H31NO4S/c1-34-29(33)27-16-15-26(35-27)11-6-18-30-24(13-17-28(30)32)12-14-25(31)20-21-7-5-10-23(19-21)22-8-3-2-4-9-22/h2-5,7-10,15-16,19,24H,6,11-14,17-18,20H2,1H3/t24-/m0/s1. The number of thiophene rings is 1. The molecule has 2 aromatic carbocycles. The van der Waals surface area contributed by atoms with Gasteiger partial charge in [-0.15, -0.1) is 11.3 Å². The monoisotopic (exact) mass is 489 g/mol. The van der Waals surface area contributed by atoms with Crippen LogP contribution in [-0.2, 0) is 27.2 Å². The van der Waals surface area contributed by atoms with E-state index in [1.807, 2.05) is 41.3 Å². The van der Waals surface area contributed by atoms with Crippen LogP contribution in [0.4, 0.5) is 0 Å². The smallest absolute Gasteiger partial charge is 0.348 e. The number of ether oxygens (including phenoxy) is 1. The summed E-state index contributed by atoms with van der Waals surface area (Å²) >= 11 is 1.44. The van der Waals surface area contributed by atoms with E-state index in [4.69, 9.17) is 4.74 Å². The van der Waals surface area contributed by atoms with Crippen molar-refractivity contribution < 1.29 is 19.1 Å². The molecule has 1 amide bonds. The van der Waals surface area contributed by atoms with Gasteiger partial charge in [-0.3, -0.25) is 9.59 Å². The molecule has 4 rings (SSSR count). The van der Waals surface area contributed by atoms with E-state index < -0.39 is 0 Å². The van der Waals surface area contributed by atoms with E-state index in [-0.39, 0.29) is 23.7 Å². The Morgan fingerprint density at radius 2 is 1.83 bits per heavy atom. The molecular weight excluding hydrogens is 458 g/mol. The molecule has 3 aromatic rings. The SMILES string of the molecule is COC(=O)c1ccc(CCCN2C(=O)CC[C@@H]2CCC(=O)Cc2cccc(-c3ccccc3)c2)s1. The molecule has 1 saturated heterocycles. The minimum absolute atomic E-state index is 0.135. The Kier molecular flexibility index (Phi) is 8.48. The number of nitrogens with zero attached hydrogens (tertiary/aromatic N) is 1. The molecule has 0 spiro atoms. The van der Waals surface area contributed by atoms with Crippen LogP contribution in [0, 0.1) is 0 Å². The van der Waals surface area contributed by atoms with Crippen molar-refractivity contribution >= 4 is 29.0 Å². The highest BCUT2D eigenvalue weighted by Crippen LogP contribution is 2.25. The van der Waals surface area contributed by atoms with Crippen molar-refractivity contribution in [2.45, 2.75) is 51.0 Å². The summed E-state index contributed by atoms with van der Waals surface area (Å²) < 4.78 is 4.76. The average Bonchev–Trinajstić information content (AvgIpc) is 3.50. The lowest BCUT2D eigenvalue weighted by molar-refractivity contribution is -0.129. The lowest BCUT2D eigenvalue weighted by Crippen LogP contribution is -2.34. The zero-order valence-electron chi connectivity index (χ0n) is 20.1. The van der Waals surface area contributed by atoms with E-state index in [2.05, 4.69) is 24.3 Å². The summed E-state index contributed by atoms with van der Waals surface area (Å²) in [6.45, 7) is 0.683. The normalized spacial score (nSPS) is 15.4. The number of aryl methyl sites for hydroxylation is 1. The quantitative estimate of drug-likeness (QED) is 0.323. The molecular formula is C29H31NO4S. The van der Waals surface area contributed by atoms with Gasteiger partial charge in [0.25, 0.3) is 0 Å². The van der Waals surface area contributed by atoms with Crippen LogP contribution in [-0.4, -0.2) is 42.3 Å². The van der Waals surface area contributed by atoms with Crippen molar-refractivity contribution in [2.75, 3.05) is 13.7 Å². The van der Waals surface area contributed by atoms with E-state index >= 15 is 0 Å².